The molecule has 6 N–H and O–H groups in total. The van der Waals surface area contributed by atoms with Gasteiger partial charge in [0.15, 0.2) is 52.0 Å². The van der Waals surface area contributed by atoms with E-state index in [1.807, 2.05) is 0 Å². The molecule has 530 valence electrons. The molecule has 17 nitrogen and oxygen atoms in total. The van der Waals surface area contributed by atoms with Crippen molar-refractivity contribution in [1.82, 2.24) is 18.2 Å². The molecule has 1 aliphatic heterocycles. The zero-order valence-electron chi connectivity index (χ0n) is 54.1. The fourth-order valence-corrected chi connectivity index (χ4v) is 16.2. The van der Waals surface area contributed by atoms with Gasteiger partial charge < -0.3 is 30.9 Å². The summed E-state index contributed by atoms with van der Waals surface area (Å²) in [6.45, 7) is 5.18. The van der Waals surface area contributed by atoms with E-state index >= 15 is 46.3 Å². The molecule has 1 saturated carbocycles. The lowest BCUT2D eigenvalue weighted by Crippen LogP contribution is -2.58. The molecule has 13 rings (SSSR count). The van der Waals surface area contributed by atoms with E-state index in [0.717, 1.165) is 68.3 Å². The Morgan fingerprint density at radius 2 is 0.865 bits per heavy atom. The van der Waals surface area contributed by atoms with Gasteiger partial charge in [0.05, 0.1) is 73.8 Å². The van der Waals surface area contributed by atoms with Gasteiger partial charge in [-0.15, -0.1) is 0 Å². The number of rotatable bonds is 14. The number of carboxylic acids is 1. The molecule has 4 unspecified atom stereocenters. The van der Waals surface area contributed by atoms with Crippen LogP contribution in [-0.4, -0.2) is 75.6 Å². The standard InChI is InChI=1S/C75H49Cl8F4N5O12/c1-29-62(38-21-58(93)50(84)25-54(38)89(29)70(97)34-9-13-42(76)46(80)17-34)66(33-7-5-6-8-33)75(103)104-61-24-41-57(28-53(61)87)92(73(100)37-12-16-45(79)49(83)20-37,68(69(88)96)64-31(3)91(56-27-52(86)60(95)23-40(56)64)72(99)36-11-15-44(78)48(82)19-36)32(4)65(41)67(74(101)102)63-30(2)90(55-26-51(85)59(94)22-39(55)63)71(98)35-10-14-43(77)47(81)18-35/h9-28,33,66-68H,5-8H2,1-4H3,(H5-,88,93,94,95,96,101,102)/p+1. The molecule has 4 heterocycles. The van der Waals surface area contributed by atoms with E-state index in [4.69, 9.17) is 103 Å². The predicted octanol–water partition coefficient (Wildman–Crippen LogP) is 19.3. The number of allylic oxidation sites excluding steroid dienone is 1. The van der Waals surface area contributed by atoms with E-state index in [1.165, 1.54) is 88.4 Å². The van der Waals surface area contributed by atoms with Gasteiger partial charge in [0.1, 0.15) is 11.6 Å². The molecule has 104 heavy (non-hydrogen) atoms. The smallest absolute Gasteiger partial charge is 0.356 e. The maximum Gasteiger partial charge on any atom is 0.356 e. The van der Waals surface area contributed by atoms with Gasteiger partial charge in [-0.2, -0.15) is 4.48 Å². The number of hydrogen-bond donors (Lipinski definition) is 5. The Hall–Kier alpha value is -9.39. The van der Waals surface area contributed by atoms with Crippen molar-refractivity contribution >= 4 is 178 Å². The molecule has 0 bridgehead atoms. The number of aromatic nitrogens is 3. The van der Waals surface area contributed by atoms with Crippen molar-refractivity contribution in [3.8, 4) is 23.0 Å². The summed E-state index contributed by atoms with van der Waals surface area (Å²) in [6, 6.07) is 19.1. The number of ether oxygens (including phenoxy) is 1. The fraction of sp³-hybridized carbons (Fsp3) is 0.160. The van der Waals surface area contributed by atoms with Crippen molar-refractivity contribution in [2.75, 3.05) is 0 Å². The number of carbonyl (C=O) groups excluding carboxylic acids is 6. The summed E-state index contributed by atoms with van der Waals surface area (Å²) < 4.78 is 74.0. The lowest BCUT2D eigenvalue weighted by Gasteiger charge is -2.39. The van der Waals surface area contributed by atoms with E-state index in [0.29, 0.717) is 31.7 Å². The Morgan fingerprint density at radius 1 is 0.490 bits per heavy atom. The molecule has 0 saturated heterocycles. The Balaban J connectivity index is 1.13. The second kappa shape index (κ2) is 27.3. The van der Waals surface area contributed by atoms with Crippen LogP contribution < -0.4 is 15.0 Å². The number of hydrogen-bond acceptors (Lipinski definition) is 11. The van der Waals surface area contributed by atoms with Crippen LogP contribution in [0.3, 0.4) is 0 Å². The molecule has 1 aliphatic carbocycles. The number of nitrogens with zero attached hydrogens (tertiary/aromatic N) is 4. The van der Waals surface area contributed by atoms with Crippen molar-refractivity contribution in [2.45, 2.75) is 71.3 Å². The van der Waals surface area contributed by atoms with Crippen LogP contribution in [0, 0.1) is 50.0 Å². The number of nitrogens with two attached hydrogens (primary N) is 1. The minimum atomic E-state index is -2.44. The normalized spacial score (nSPS) is 15.5. The lowest BCUT2D eigenvalue weighted by molar-refractivity contribution is -0.138. The largest absolute Gasteiger partial charge is 0.505 e. The van der Waals surface area contributed by atoms with E-state index in [1.54, 1.807) is 0 Å². The van der Waals surface area contributed by atoms with Crippen LogP contribution in [0.1, 0.15) is 131 Å². The number of benzene rings is 8. The number of primary amides is 1. The number of amides is 2. The fourth-order valence-electron chi connectivity index (χ4n) is 15.0. The Kier molecular flexibility index (Phi) is 19.1. The maximum absolute atomic E-state index is 18.7. The average Bonchev–Trinajstić information content (AvgIpc) is 1.51. The molecule has 2 aliphatic rings. The second-order valence-electron chi connectivity index (χ2n) is 25.2. The summed E-state index contributed by atoms with van der Waals surface area (Å²) >= 11 is 51.3. The van der Waals surface area contributed by atoms with Crippen LogP contribution in [0.5, 0.6) is 23.0 Å². The summed E-state index contributed by atoms with van der Waals surface area (Å²) in [7, 11) is 0. The molecule has 2 amide bonds. The van der Waals surface area contributed by atoms with Crippen LogP contribution in [-0.2, 0) is 14.4 Å². The first kappa shape index (κ1) is 72.9. The minimum absolute atomic E-state index is 0.00640. The number of esters is 1. The van der Waals surface area contributed by atoms with Crippen LogP contribution >= 0.6 is 92.8 Å². The number of phenols is 3. The third-order valence-corrected chi connectivity index (χ3v) is 22.6. The van der Waals surface area contributed by atoms with E-state index < -0.39 is 155 Å². The molecule has 29 heteroatoms. The third kappa shape index (κ3) is 11.7. The number of carboxylic acid groups (broad SMARTS) is 1. The van der Waals surface area contributed by atoms with E-state index in [9.17, 15) is 25.2 Å². The first-order chi connectivity index (χ1) is 49.2. The number of halogens is 12. The number of phenolic OH excluding ortho intramolecular Hbond substituents is 3. The molecule has 0 spiro atoms. The van der Waals surface area contributed by atoms with Crippen molar-refractivity contribution < 1.29 is 76.3 Å². The van der Waals surface area contributed by atoms with Crippen LogP contribution in [0.2, 0.25) is 40.2 Å². The van der Waals surface area contributed by atoms with Gasteiger partial charge in [-0.05, 0) is 142 Å². The lowest BCUT2D eigenvalue weighted by atomic mass is 9.83. The zero-order valence-corrected chi connectivity index (χ0v) is 60.2. The van der Waals surface area contributed by atoms with Gasteiger partial charge in [0.25, 0.3) is 23.6 Å². The van der Waals surface area contributed by atoms with Crippen molar-refractivity contribution in [1.29, 1.82) is 0 Å². The monoisotopic (exact) mass is 1570 g/mol. The highest BCUT2D eigenvalue weighted by atomic mass is 35.5. The van der Waals surface area contributed by atoms with E-state index in [-0.39, 0.29) is 112 Å². The maximum atomic E-state index is 18.7. The molecule has 3 aromatic heterocycles. The average molecular weight is 1570 g/mol. The Morgan fingerprint density at radius 3 is 1.27 bits per heavy atom. The van der Waals surface area contributed by atoms with Crippen molar-refractivity contribution in [3.05, 3.63) is 252 Å². The number of aliphatic carboxylic acids is 1. The summed E-state index contributed by atoms with van der Waals surface area (Å²) in [5, 5.41) is 44.8. The highest BCUT2D eigenvalue weighted by Crippen LogP contribution is 2.60. The predicted molar refractivity (Wildman–Crippen MR) is 388 cm³/mol. The minimum Gasteiger partial charge on any atom is -0.505 e. The number of carbonyl (C=O) groups is 7. The van der Waals surface area contributed by atoms with Gasteiger partial charge in [-0.3, -0.25) is 42.5 Å². The van der Waals surface area contributed by atoms with Crippen LogP contribution in [0.25, 0.3) is 38.3 Å². The van der Waals surface area contributed by atoms with Crippen LogP contribution in [0.4, 0.5) is 23.2 Å². The summed E-state index contributed by atoms with van der Waals surface area (Å²) in [5.74, 6) is -22.3. The highest BCUT2D eigenvalue weighted by Gasteiger charge is 2.62. The topological polar surface area (TPSA) is 250 Å². The number of fused-ring (bicyclic) bond motifs is 4. The van der Waals surface area contributed by atoms with Gasteiger partial charge in [-0.1, -0.05) is 106 Å². The summed E-state index contributed by atoms with van der Waals surface area (Å²) in [6.07, 6.45) is 1.75. The molecule has 1 fully saturated rings. The molecular weight excluding hydrogens is 1520 g/mol. The summed E-state index contributed by atoms with van der Waals surface area (Å²) in [4.78, 5) is 109. The van der Waals surface area contributed by atoms with E-state index in [2.05, 4.69) is 0 Å². The van der Waals surface area contributed by atoms with Gasteiger partial charge in [0.2, 0.25) is 6.04 Å². The SMILES string of the molecule is CC1=C(C(C(=O)O)c2c(C)n(C(=O)c3ccc(Cl)c(Cl)c3)c3cc(F)c(O)cc23)c2cc(OC(=O)C(c3c(C)n(C(=O)c4ccc(Cl)c(Cl)c4)c4cc(F)c(O)cc34)C3CCCC3)c(F)cc2[N+]1(C(=O)c1ccc(Cl)c(Cl)c1)C(C(N)=O)c1c(C)n(C(=O)c2ccc(Cl)c(Cl)c2)c2cc(F)c(O)cc12. The number of quaternary nitrogens is 1. The molecular formula is C75H50Cl8F4N5O12+. The second-order valence-corrected chi connectivity index (χ2v) is 28.5. The molecule has 11 aromatic rings. The molecule has 4 atom stereocenters. The quantitative estimate of drug-likeness (QED) is 0.0295. The van der Waals surface area contributed by atoms with Crippen molar-refractivity contribution in [3.63, 3.8) is 0 Å². The highest BCUT2D eigenvalue weighted by molar-refractivity contribution is 6.44. The first-order valence-electron chi connectivity index (χ1n) is 31.5. The Bertz CT molecular complexity index is 5750. The third-order valence-electron chi connectivity index (χ3n) is 19.6. The van der Waals surface area contributed by atoms with Crippen LogP contribution in [0.15, 0.2) is 127 Å². The first-order valence-corrected chi connectivity index (χ1v) is 34.5. The van der Waals surface area contributed by atoms with Crippen molar-refractivity contribution in [2.24, 2.45) is 11.7 Å². The van der Waals surface area contributed by atoms with Gasteiger partial charge in [-0.25, -0.2) is 22.4 Å². The molecule has 0 radical (unpaired) electrons. The van der Waals surface area contributed by atoms with Gasteiger partial charge in [0, 0.05) is 97.8 Å². The number of aromatic hydroxyl groups is 3. The zero-order chi connectivity index (χ0) is 75.0. The van der Waals surface area contributed by atoms with Gasteiger partial charge >= 0.3 is 17.8 Å². The summed E-state index contributed by atoms with van der Waals surface area (Å²) in [5.41, 5.74) is 1.40. The Labute approximate surface area is 626 Å². The molecule has 8 aromatic carbocycles.